The highest BCUT2D eigenvalue weighted by Crippen LogP contribution is 2.21. The highest BCUT2D eigenvalue weighted by atomic mass is 79.9. The summed E-state index contributed by atoms with van der Waals surface area (Å²) in [6, 6.07) is 4.73. The van der Waals surface area contributed by atoms with Crippen LogP contribution in [0.25, 0.3) is 4.96 Å². The van der Waals surface area contributed by atoms with Crippen LogP contribution in [-0.4, -0.2) is 20.4 Å². The fraction of sp³-hybridized carbons (Fsp3) is 0.0769. The van der Waals surface area contributed by atoms with Crippen molar-refractivity contribution in [2.24, 2.45) is 0 Å². The summed E-state index contributed by atoms with van der Waals surface area (Å²) in [6.07, 6.45) is 3.78. The van der Waals surface area contributed by atoms with Gasteiger partial charge in [0.15, 0.2) is 4.96 Å². The molecule has 7 heteroatoms. The molecule has 0 unspecified atom stereocenters. The van der Waals surface area contributed by atoms with Gasteiger partial charge in [-0.15, -0.1) is 11.3 Å². The monoisotopic (exact) mass is 351 g/mol. The first-order valence-corrected chi connectivity index (χ1v) is 7.48. The van der Waals surface area contributed by atoms with Crippen molar-refractivity contribution in [2.75, 3.05) is 0 Å². The Bertz CT molecular complexity index is 752. The largest absolute Gasteiger partial charge is 0.507 e. The molecule has 3 rings (SSSR count). The molecular weight excluding hydrogens is 342 g/mol. The van der Waals surface area contributed by atoms with Crippen LogP contribution in [-0.2, 0) is 6.54 Å². The fourth-order valence-electron chi connectivity index (χ4n) is 1.82. The van der Waals surface area contributed by atoms with Gasteiger partial charge in [-0.2, -0.15) is 0 Å². The van der Waals surface area contributed by atoms with Crippen molar-refractivity contribution >= 4 is 38.1 Å². The number of phenols is 1. The summed E-state index contributed by atoms with van der Waals surface area (Å²) in [4.78, 5) is 17.3. The first kappa shape index (κ1) is 13.1. The second kappa shape index (κ2) is 5.26. The lowest BCUT2D eigenvalue weighted by molar-refractivity contribution is 0.0947. The van der Waals surface area contributed by atoms with Crippen molar-refractivity contribution < 1.29 is 9.90 Å². The molecule has 0 aliphatic heterocycles. The number of nitrogens with zero attached hydrogens (tertiary/aromatic N) is 2. The lowest BCUT2D eigenvalue weighted by atomic mass is 10.2. The number of phenolic OH excluding ortho intramolecular Hbond substituents is 1. The molecule has 2 heterocycles. The van der Waals surface area contributed by atoms with Crippen molar-refractivity contribution in [1.82, 2.24) is 14.7 Å². The van der Waals surface area contributed by atoms with Crippen molar-refractivity contribution in [3.63, 3.8) is 0 Å². The number of hydrogen-bond acceptors (Lipinski definition) is 4. The van der Waals surface area contributed by atoms with Gasteiger partial charge in [-0.05, 0) is 18.2 Å². The topological polar surface area (TPSA) is 66.6 Å². The molecule has 5 nitrogen and oxygen atoms in total. The predicted molar refractivity (Wildman–Crippen MR) is 80.0 cm³/mol. The average molecular weight is 352 g/mol. The lowest BCUT2D eigenvalue weighted by Crippen LogP contribution is -2.23. The molecule has 3 aromatic rings. The van der Waals surface area contributed by atoms with E-state index >= 15 is 0 Å². The van der Waals surface area contributed by atoms with Crippen LogP contribution in [0.1, 0.15) is 16.1 Å². The number of nitrogens with one attached hydrogen (secondary N) is 1. The Kier molecular flexibility index (Phi) is 3.45. The van der Waals surface area contributed by atoms with Crippen molar-refractivity contribution in [3.8, 4) is 5.75 Å². The lowest BCUT2D eigenvalue weighted by Gasteiger charge is -2.05. The second-order valence-corrected chi connectivity index (χ2v) is 5.96. The number of benzene rings is 1. The number of aromatic nitrogens is 2. The number of aromatic hydroxyl groups is 1. The maximum Gasteiger partial charge on any atom is 0.255 e. The number of carbonyl (C=O) groups excluding carboxylic acids is 1. The number of amides is 1. The summed E-state index contributed by atoms with van der Waals surface area (Å²) in [5, 5.41) is 14.4. The maximum atomic E-state index is 12.0. The third-order valence-electron chi connectivity index (χ3n) is 2.78. The molecule has 0 aliphatic rings. The van der Waals surface area contributed by atoms with Crippen molar-refractivity contribution in [3.05, 3.63) is 51.7 Å². The standard InChI is InChI=1S/C13H10BrN3O2S/c14-8-1-2-11(18)10(5-8)12(19)15-6-9-7-17-3-4-20-13(17)16-9/h1-5,7,18H,6H2,(H,15,19). The fourth-order valence-corrected chi connectivity index (χ4v) is 2.90. The predicted octanol–water partition coefficient (Wildman–Crippen LogP) is 2.79. The van der Waals surface area contributed by atoms with E-state index in [-0.39, 0.29) is 17.2 Å². The van der Waals surface area contributed by atoms with Crippen LogP contribution >= 0.6 is 27.3 Å². The molecule has 0 bridgehead atoms. The molecule has 2 N–H and O–H groups in total. The third-order valence-corrected chi connectivity index (χ3v) is 4.04. The van der Waals surface area contributed by atoms with E-state index in [0.717, 1.165) is 15.1 Å². The molecule has 1 amide bonds. The molecule has 0 radical (unpaired) electrons. The van der Waals surface area contributed by atoms with E-state index in [2.05, 4.69) is 26.2 Å². The average Bonchev–Trinajstić information content (AvgIpc) is 2.99. The van der Waals surface area contributed by atoms with Gasteiger partial charge in [0.2, 0.25) is 0 Å². The summed E-state index contributed by atoms with van der Waals surface area (Å²) in [7, 11) is 0. The molecule has 20 heavy (non-hydrogen) atoms. The summed E-state index contributed by atoms with van der Waals surface area (Å²) in [5.74, 6) is -0.378. The van der Waals surface area contributed by atoms with Gasteiger partial charge in [0.1, 0.15) is 5.75 Å². The normalized spacial score (nSPS) is 10.8. The Hall–Kier alpha value is -1.86. The van der Waals surface area contributed by atoms with E-state index < -0.39 is 0 Å². The molecule has 0 aliphatic carbocycles. The van der Waals surface area contributed by atoms with E-state index in [9.17, 15) is 9.90 Å². The molecular formula is C13H10BrN3O2S. The van der Waals surface area contributed by atoms with Gasteiger partial charge in [-0.3, -0.25) is 9.20 Å². The number of fused-ring (bicyclic) bond motifs is 1. The number of thiazole rings is 1. The van der Waals surface area contributed by atoms with Gasteiger partial charge in [-0.1, -0.05) is 15.9 Å². The number of rotatable bonds is 3. The Morgan fingerprint density at radius 2 is 2.35 bits per heavy atom. The maximum absolute atomic E-state index is 12.0. The minimum atomic E-state index is -0.333. The van der Waals surface area contributed by atoms with Crippen molar-refractivity contribution in [2.45, 2.75) is 6.54 Å². The highest BCUT2D eigenvalue weighted by Gasteiger charge is 2.12. The molecule has 0 atom stereocenters. The minimum absolute atomic E-state index is 0.0449. The van der Waals surface area contributed by atoms with Crippen molar-refractivity contribution in [1.29, 1.82) is 0 Å². The zero-order chi connectivity index (χ0) is 14.1. The van der Waals surface area contributed by atoms with Crippen LogP contribution in [0.4, 0.5) is 0 Å². The zero-order valence-electron chi connectivity index (χ0n) is 10.2. The van der Waals surface area contributed by atoms with Crippen LogP contribution in [0, 0.1) is 0 Å². The summed E-state index contributed by atoms with van der Waals surface area (Å²) in [6.45, 7) is 0.319. The molecule has 1 aromatic carbocycles. The van der Waals surface area contributed by atoms with Crippen LogP contribution in [0.3, 0.4) is 0 Å². The first-order valence-electron chi connectivity index (χ1n) is 5.81. The molecule has 0 fully saturated rings. The van der Waals surface area contributed by atoms with Gasteiger partial charge in [0.05, 0.1) is 17.8 Å². The Morgan fingerprint density at radius 3 is 3.15 bits per heavy atom. The second-order valence-electron chi connectivity index (χ2n) is 4.17. The first-order chi connectivity index (χ1) is 9.63. The van der Waals surface area contributed by atoms with E-state index in [0.29, 0.717) is 6.54 Å². The smallest absolute Gasteiger partial charge is 0.255 e. The Morgan fingerprint density at radius 1 is 1.50 bits per heavy atom. The van der Waals surface area contributed by atoms with E-state index in [1.807, 2.05) is 22.2 Å². The summed E-state index contributed by atoms with van der Waals surface area (Å²) >= 11 is 4.81. The SMILES string of the molecule is O=C(NCc1cn2ccsc2n1)c1cc(Br)ccc1O. The van der Waals surface area contributed by atoms with Gasteiger partial charge in [0, 0.05) is 22.2 Å². The van der Waals surface area contributed by atoms with Gasteiger partial charge in [0.25, 0.3) is 5.91 Å². The van der Waals surface area contributed by atoms with Crippen LogP contribution in [0.5, 0.6) is 5.75 Å². The quantitative estimate of drug-likeness (QED) is 0.762. The van der Waals surface area contributed by atoms with Gasteiger partial charge in [-0.25, -0.2) is 4.98 Å². The van der Waals surface area contributed by atoms with Gasteiger partial charge < -0.3 is 10.4 Å². The number of hydrogen-bond donors (Lipinski definition) is 2. The summed E-state index contributed by atoms with van der Waals surface area (Å²) < 4.78 is 2.64. The Labute approximate surface area is 127 Å². The molecule has 0 saturated heterocycles. The highest BCUT2D eigenvalue weighted by molar-refractivity contribution is 9.10. The number of halogens is 1. The van der Waals surface area contributed by atoms with Crippen LogP contribution < -0.4 is 5.32 Å². The number of carbonyl (C=O) groups is 1. The van der Waals surface area contributed by atoms with Crippen LogP contribution in [0.15, 0.2) is 40.4 Å². The molecule has 0 saturated carbocycles. The molecule has 2 aromatic heterocycles. The third kappa shape index (κ3) is 2.54. The van der Waals surface area contributed by atoms with Crippen LogP contribution in [0.2, 0.25) is 0 Å². The van der Waals surface area contributed by atoms with Gasteiger partial charge >= 0.3 is 0 Å². The van der Waals surface area contributed by atoms with E-state index in [1.165, 1.54) is 17.4 Å². The summed E-state index contributed by atoms with van der Waals surface area (Å²) in [5.41, 5.74) is 1.01. The van der Waals surface area contributed by atoms with E-state index in [1.54, 1.807) is 12.1 Å². The number of imidazole rings is 1. The minimum Gasteiger partial charge on any atom is -0.507 e. The van der Waals surface area contributed by atoms with E-state index in [4.69, 9.17) is 0 Å². The Balaban J connectivity index is 1.73. The molecule has 102 valence electrons. The molecule has 0 spiro atoms. The zero-order valence-corrected chi connectivity index (χ0v) is 12.6.